The standard InChI is InChI=1S/C7H14O2.C4H8O/c1-4-6(3)9-7(8)5-2;1-2-4-5-3-1/h6H,4-5H2,1-3H3;1-4H2. The van der Waals surface area contributed by atoms with Crippen molar-refractivity contribution in [3.05, 3.63) is 0 Å². The predicted octanol–water partition coefficient (Wildman–Crippen LogP) is 2.53. The molecule has 1 unspecified atom stereocenters. The highest BCUT2D eigenvalue weighted by Crippen LogP contribution is 1.98. The van der Waals surface area contributed by atoms with Gasteiger partial charge in [0.05, 0.1) is 6.10 Å². The number of ether oxygens (including phenoxy) is 2. The Labute approximate surface area is 86.8 Å². The van der Waals surface area contributed by atoms with Crippen molar-refractivity contribution < 1.29 is 14.3 Å². The zero-order chi connectivity index (χ0) is 10.8. The van der Waals surface area contributed by atoms with E-state index in [-0.39, 0.29) is 12.1 Å². The number of carbonyl (C=O) groups excluding carboxylic acids is 1. The molecule has 0 aromatic heterocycles. The minimum absolute atomic E-state index is 0.0810. The Morgan fingerprint density at radius 2 is 1.93 bits per heavy atom. The molecular formula is C11H22O3. The van der Waals surface area contributed by atoms with E-state index in [4.69, 9.17) is 9.47 Å². The van der Waals surface area contributed by atoms with Crippen LogP contribution in [-0.2, 0) is 14.3 Å². The van der Waals surface area contributed by atoms with E-state index in [1.54, 1.807) is 6.92 Å². The zero-order valence-electron chi connectivity index (χ0n) is 9.54. The van der Waals surface area contributed by atoms with Crippen molar-refractivity contribution in [3.8, 4) is 0 Å². The highest BCUT2D eigenvalue weighted by Gasteiger charge is 2.02. The maximum atomic E-state index is 10.6. The Balaban J connectivity index is 0.000000280. The monoisotopic (exact) mass is 202 g/mol. The van der Waals surface area contributed by atoms with Crippen molar-refractivity contribution in [1.82, 2.24) is 0 Å². The van der Waals surface area contributed by atoms with Crippen LogP contribution in [0.5, 0.6) is 0 Å². The first-order chi connectivity index (χ1) is 6.70. The molecule has 1 aliphatic rings. The molecule has 0 bridgehead atoms. The second-order valence-corrected chi connectivity index (χ2v) is 3.38. The van der Waals surface area contributed by atoms with Crippen LogP contribution in [0.3, 0.4) is 0 Å². The molecule has 1 aliphatic heterocycles. The average Bonchev–Trinajstić information content (AvgIpc) is 2.75. The van der Waals surface area contributed by atoms with Crippen molar-refractivity contribution in [2.75, 3.05) is 13.2 Å². The van der Waals surface area contributed by atoms with Gasteiger partial charge in [-0.15, -0.1) is 0 Å². The molecule has 0 aromatic rings. The Hall–Kier alpha value is -0.570. The van der Waals surface area contributed by atoms with Crippen LogP contribution in [0.2, 0.25) is 0 Å². The Kier molecular flexibility index (Phi) is 8.64. The summed E-state index contributed by atoms with van der Waals surface area (Å²) in [6.07, 6.45) is 4.01. The lowest BCUT2D eigenvalue weighted by molar-refractivity contribution is -0.147. The van der Waals surface area contributed by atoms with Crippen LogP contribution >= 0.6 is 0 Å². The van der Waals surface area contributed by atoms with Gasteiger partial charge >= 0.3 is 5.97 Å². The van der Waals surface area contributed by atoms with E-state index in [0.717, 1.165) is 19.6 Å². The maximum absolute atomic E-state index is 10.6. The van der Waals surface area contributed by atoms with Gasteiger partial charge in [-0.1, -0.05) is 13.8 Å². The van der Waals surface area contributed by atoms with E-state index < -0.39 is 0 Å². The number of rotatable bonds is 3. The summed E-state index contributed by atoms with van der Waals surface area (Å²) in [5.74, 6) is -0.107. The molecule has 0 aromatic carbocycles. The first-order valence-electron chi connectivity index (χ1n) is 5.47. The lowest BCUT2D eigenvalue weighted by atomic mass is 10.3. The van der Waals surface area contributed by atoms with Gasteiger partial charge < -0.3 is 9.47 Å². The lowest BCUT2D eigenvalue weighted by Crippen LogP contribution is -2.12. The third-order valence-corrected chi connectivity index (χ3v) is 2.02. The summed E-state index contributed by atoms with van der Waals surface area (Å²) >= 11 is 0. The molecule has 3 heteroatoms. The normalized spacial score (nSPS) is 16.8. The van der Waals surface area contributed by atoms with Crippen molar-refractivity contribution in [2.24, 2.45) is 0 Å². The largest absolute Gasteiger partial charge is 0.463 e. The summed E-state index contributed by atoms with van der Waals surface area (Å²) < 4.78 is 9.85. The van der Waals surface area contributed by atoms with Crippen LogP contribution < -0.4 is 0 Å². The summed E-state index contributed by atoms with van der Waals surface area (Å²) in [5, 5.41) is 0. The van der Waals surface area contributed by atoms with Gasteiger partial charge in [-0.3, -0.25) is 4.79 Å². The molecule has 84 valence electrons. The first-order valence-corrected chi connectivity index (χ1v) is 5.47. The van der Waals surface area contributed by atoms with Crippen molar-refractivity contribution in [2.45, 2.75) is 52.6 Å². The fourth-order valence-electron chi connectivity index (χ4n) is 0.901. The second-order valence-electron chi connectivity index (χ2n) is 3.38. The smallest absolute Gasteiger partial charge is 0.305 e. The summed E-state index contributed by atoms with van der Waals surface area (Å²) in [7, 11) is 0. The summed E-state index contributed by atoms with van der Waals surface area (Å²) in [5.41, 5.74) is 0. The molecule has 14 heavy (non-hydrogen) atoms. The van der Waals surface area contributed by atoms with Gasteiger partial charge in [-0.2, -0.15) is 0 Å². The molecule has 3 nitrogen and oxygen atoms in total. The Morgan fingerprint density at radius 1 is 1.36 bits per heavy atom. The molecule has 0 spiro atoms. The van der Waals surface area contributed by atoms with Crippen LogP contribution in [0.1, 0.15) is 46.5 Å². The van der Waals surface area contributed by atoms with E-state index in [1.807, 2.05) is 13.8 Å². The van der Waals surface area contributed by atoms with E-state index in [1.165, 1.54) is 12.8 Å². The van der Waals surface area contributed by atoms with E-state index in [0.29, 0.717) is 6.42 Å². The van der Waals surface area contributed by atoms with Crippen LogP contribution in [-0.4, -0.2) is 25.3 Å². The van der Waals surface area contributed by atoms with E-state index >= 15 is 0 Å². The number of hydrogen-bond donors (Lipinski definition) is 0. The predicted molar refractivity (Wildman–Crippen MR) is 56.2 cm³/mol. The van der Waals surface area contributed by atoms with Gasteiger partial charge in [0.2, 0.25) is 0 Å². The van der Waals surface area contributed by atoms with E-state index in [2.05, 4.69) is 0 Å². The minimum atomic E-state index is -0.107. The maximum Gasteiger partial charge on any atom is 0.305 e. The molecule has 0 N–H and O–H groups in total. The fourth-order valence-corrected chi connectivity index (χ4v) is 0.901. The molecule has 0 radical (unpaired) electrons. The van der Waals surface area contributed by atoms with Crippen LogP contribution in [0.15, 0.2) is 0 Å². The highest BCUT2D eigenvalue weighted by molar-refractivity contribution is 5.69. The minimum Gasteiger partial charge on any atom is -0.463 e. The van der Waals surface area contributed by atoms with Gasteiger partial charge in [0.25, 0.3) is 0 Å². The van der Waals surface area contributed by atoms with Gasteiger partial charge in [0, 0.05) is 19.6 Å². The summed E-state index contributed by atoms with van der Waals surface area (Å²) in [6.45, 7) is 7.69. The van der Waals surface area contributed by atoms with Crippen molar-refractivity contribution in [3.63, 3.8) is 0 Å². The van der Waals surface area contributed by atoms with Gasteiger partial charge in [0.15, 0.2) is 0 Å². The SMILES string of the molecule is C1CCOC1.CCC(=O)OC(C)CC. The number of carbonyl (C=O) groups is 1. The van der Waals surface area contributed by atoms with Gasteiger partial charge in [-0.05, 0) is 26.2 Å². The zero-order valence-corrected chi connectivity index (χ0v) is 9.54. The van der Waals surface area contributed by atoms with Crippen LogP contribution in [0, 0.1) is 0 Å². The van der Waals surface area contributed by atoms with E-state index in [9.17, 15) is 4.79 Å². The van der Waals surface area contributed by atoms with Crippen molar-refractivity contribution in [1.29, 1.82) is 0 Å². The quantitative estimate of drug-likeness (QED) is 0.660. The van der Waals surface area contributed by atoms with Gasteiger partial charge in [0.1, 0.15) is 0 Å². The Morgan fingerprint density at radius 3 is 2.21 bits per heavy atom. The fraction of sp³-hybridized carbons (Fsp3) is 0.909. The summed E-state index contributed by atoms with van der Waals surface area (Å²) in [4.78, 5) is 10.6. The van der Waals surface area contributed by atoms with Crippen molar-refractivity contribution >= 4 is 5.97 Å². The highest BCUT2D eigenvalue weighted by atomic mass is 16.5. The lowest BCUT2D eigenvalue weighted by Gasteiger charge is -2.08. The first kappa shape index (κ1) is 13.4. The molecule has 0 amide bonds. The molecule has 1 atom stereocenters. The topological polar surface area (TPSA) is 35.5 Å². The third-order valence-electron chi connectivity index (χ3n) is 2.02. The van der Waals surface area contributed by atoms with Crippen LogP contribution in [0.25, 0.3) is 0 Å². The molecule has 1 rings (SSSR count). The molecule has 0 saturated carbocycles. The molecular weight excluding hydrogens is 180 g/mol. The van der Waals surface area contributed by atoms with Crippen LogP contribution in [0.4, 0.5) is 0 Å². The Bertz CT molecular complexity index is 134. The second kappa shape index (κ2) is 9.00. The average molecular weight is 202 g/mol. The van der Waals surface area contributed by atoms with Gasteiger partial charge in [-0.25, -0.2) is 0 Å². The number of hydrogen-bond acceptors (Lipinski definition) is 3. The molecule has 1 saturated heterocycles. The number of esters is 1. The summed E-state index contributed by atoms with van der Waals surface area (Å²) in [6, 6.07) is 0. The molecule has 0 aliphatic carbocycles. The molecule has 1 fully saturated rings. The molecule has 1 heterocycles. The third kappa shape index (κ3) is 8.05.